The molecule has 3 aromatic carbocycles. The van der Waals surface area contributed by atoms with E-state index < -0.39 is 17.1 Å². The Morgan fingerprint density at radius 3 is 2.49 bits per heavy atom. The van der Waals surface area contributed by atoms with Crippen LogP contribution < -0.4 is 0 Å². The van der Waals surface area contributed by atoms with Crippen LogP contribution in [0.25, 0.3) is 27.8 Å². The van der Waals surface area contributed by atoms with Crippen LogP contribution in [0.5, 0.6) is 0 Å². The molecule has 2 amide bonds. The van der Waals surface area contributed by atoms with Gasteiger partial charge >= 0.3 is 5.97 Å². The SMILES string of the molecule is CC(C)OC(=O)CN1C(=O)S/C(=C/c2cn(Cc3cccc4ccccc34)c3ccccc23)C1=O. The Bertz CT molecular complexity index is 1500. The number of carbonyl (C=O) groups excluding carboxylic acids is 3. The van der Waals surface area contributed by atoms with Crippen molar-refractivity contribution in [3.05, 3.63) is 89.0 Å². The molecule has 1 aliphatic heterocycles. The number of hydrogen-bond donors (Lipinski definition) is 0. The zero-order valence-corrected chi connectivity index (χ0v) is 20.2. The van der Waals surface area contributed by atoms with Crippen LogP contribution in [-0.4, -0.2) is 39.2 Å². The van der Waals surface area contributed by atoms with Crippen LogP contribution in [0.15, 0.2) is 77.8 Å². The lowest BCUT2D eigenvalue weighted by Crippen LogP contribution is -2.35. The number of esters is 1. The van der Waals surface area contributed by atoms with Gasteiger partial charge in [0.25, 0.3) is 11.1 Å². The van der Waals surface area contributed by atoms with Crippen LogP contribution in [0, 0.1) is 0 Å². The minimum atomic E-state index is -0.602. The van der Waals surface area contributed by atoms with E-state index in [4.69, 9.17) is 4.74 Å². The fourth-order valence-electron chi connectivity index (χ4n) is 4.34. The van der Waals surface area contributed by atoms with Crippen molar-refractivity contribution in [2.75, 3.05) is 6.54 Å². The van der Waals surface area contributed by atoms with E-state index in [1.165, 1.54) is 16.3 Å². The maximum absolute atomic E-state index is 12.9. The first kappa shape index (κ1) is 22.9. The van der Waals surface area contributed by atoms with Crippen LogP contribution in [0.4, 0.5) is 4.79 Å². The summed E-state index contributed by atoms with van der Waals surface area (Å²) < 4.78 is 7.25. The van der Waals surface area contributed by atoms with E-state index in [1.54, 1.807) is 19.9 Å². The molecule has 0 N–H and O–H groups in total. The van der Waals surface area contributed by atoms with Crippen LogP contribution in [0.2, 0.25) is 0 Å². The van der Waals surface area contributed by atoms with Crippen LogP contribution >= 0.6 is 11.8 Å². The number of carbonyl (C=O) groups is 3. The minimum absolute atomic E-state index is 0.292. The normalized spacial score (nSPS) is 15.2. The number of hydrogen-bond acceptors (Lipinski definition) is 5. The summed E-state index contributed by atoms with van der Waals surface area (Å²) in [5.74, 6) is -1.08. The van der Waals surface area contributed by atoms with Crippen molar-refractivity contribution >= 4 is 56.6 Å². The Morgan fingerprint density at radius 1 is 0.971 bits per heavy atom. The lowest BCUT2D eigenvalue weighted by atomic mass is 10.0. The van der Waals surface area contributed by atoms with Gasteiger partial charge in [-0.1, -0.05) is 60.7 Å². The zero-order valence-electron chi connectivity index (χ0n) is 19.4. The summed E-state index contributed by atoms with van der Waals surface area (Å²) in [6.45, 7) is 3.72. The first-order chi connectivity index (χ1) is 16.9. The Kier molecular flexibility index (Phi) is 6.17. The molecule has 0 unspecified atom stereocenters. The molecule has 0 spiro atoms. The van der Waals surface area contributed by atoms with Gasteiger partial charge in [0.15, 0.2) is 0 Å². The molecule has 0 atom stereocenters. The first-order valence-corrected chi connectivity index (χ1v) is 12.2. The molecule has 0 bridgehead atoms. The number of amides is 2. The largest absolute Gasteiger partial charge is 0.462 e. The number of para-hydroxylation sites is 1. The summed E-state index contributed by atoms with van der Waals surface area (Å²) in [5, 5.41) is 2.90. The van der Waals surface area contributed by atoms with Gasteiger partial charge in [-0.3, -0.25) is 19.3 Å². The average Bonchev–Trinajstić information content (AvgIpc) is 3.31. The minimum Gasteiger partial charge on any atom is -0.462 e. The van der Waals surface area contributed by atoms with E-state index >= 15 is 0 Å². The quantitative estimate of drug-likeness (QED) is 0.254. The fourth-order valence-corrected chi connectivity index (χ4v) is 5.17. The van der Waals surface area contributed by atoms with E-state index in [0.29, 0.717) is 11.4 Å². The summed E-state index contributed by atoms with van der Waals surface area (Å²) in [6, 6.07) is 22.6. The van der Waals surface area contributed by atoms with E-state index in [1.807, 2.05) is 42.6 Å². The second-order valence-corrected chi connectivity index (χ2v) is 9.67. The average molecular weight is 485 g/mol. The molecule has 1 fully saturated rings. The lowest BCUT2D eigenvalue weighted by Gasteiger charge is -2.13. The number of imide groups is 1. The summed E-state index contributed by atoms with van der Waals surface area (Å²) >= 11 is 0.843. The van der Waals surface area contributed by atoms with E-state index in [-0.39, 0.29) is 12.6 Å². The van der Waals surface area contributed by atoms with Gasteiger partial charge in [-0.05, 0) is 54.1 Å². The van der Waals surface area contributed by atoms with Gasteiger partial charge in [-0.15, -0.1) is 0 Å². The fraction of sp³-hybridized carbons (Fsp3) is 0.179. The third-order valence-electron chi connectivity index (χ3n) is 5.85. The molecule has 4 aromatic rings. The topological polar surface area (TPSA) is 68.6 Å². The van der Waals surface area contributed by atoms with Gasteiger partial charge in [0.2, 0.25) is 0 Å². The number of fused-ring (bicyclic) bond motifs is 2. The highest BCUT2D eigenvalue weighted by atomic mass is 32.2. The molecule has 0 saturated carbocycles. The molecular formula is C28H24N2O4S. The van der Waals surface area contributed by atoms with Crippen LogP contribution in [0.1, 0.15) is 25.0 Å². The Hall–Kier alpha value is -3.84. The number of thioether (sulfide) groups is 1. The van der Waals surface area contributed by atoms with E-state index in [2.05, 4.69) is 34.9 Å². The smallest absolute Gasteiger partial charge is 0.326 e. The predicted octanol–water partition coefficient (Wildman–Crippen LogP) is 5.83. The summed E-state index contributed by atoms with van der Waals surface area (Å²) in [5.41, 5.74) is 3.07. The molecule has 35 heavy (non-hydrogen) atoms. The standard InChI is InChI=1S/C28H24N2O4S/c1-18(2)34-26(31)17-30-27(32)25(35-28(30)33)14-21-16-29(24-13-6-5-12-23(21)24)15-20-10-7-9-19-8-3-4-11-22(19)20/h3-14,16,18H,15,17H2,1-2H3/b25-14+. The lowest BCUT2D eigenvalue weighted by molar-refractivity contribution is -0.149. The second-order valence-electron chi connectivity index (χ2n) is 8.67. The van der Waals surface area contributed by atoms with Crippen molar-refractivity contribution in [3.63, 3.8) is 0 Å². The number of benzene rings is 3. The maximum Gasteiger partial charge on any atom is 0.326 e. The Labute approximate surface area is 207 Å². The Balaban J connectivity index is 1.48. The summed E-state index contributed by atoms with van der Waals surface area (Å²) in [7, 11) is 0. The van der Waals surface area contributed by atoms with Crippen LogP contribution in [-0.2, 0) is 20.9 Å². The number of rotatable bonds is 6. The molecule has 7 heteroatoms. The molecule has 0 aliphatic carbocycles. The Morgan fingerprint density at radius 2 is 1.69 bits per heavy atom. The van der Waals surface area contributed by atoms with Crippen LogP contribution in [0.3, 0.4) is 0 Å². The third-order valence-corrected chi connectivity index (χ3v) is 6.76. The van der Waals surface area contributed by atoms with Crippen molar-refractivity contribution in [1.82, 2.24) is 9.47 Å². The monoisotopic (exact) mass is 484 g/mol. The number of ether oxygens (including phenoxy) is 1. The molecular weight excluding hydrogens is 460 g/mol. The molecule has 1 aromatic heterocycles. The molecule has 5 rings (SSSR count). The molecule has 0 radical (unpaired) electrons. The van der Waals surface area contributed by atoms with Crippen molar-refractivity contribution in [1.29, 1.82) is 0 Å². The van der Waals surface area contributed by atoms with E-state index in [0.717, 1.165) is 33.1 Å². The number of nitrogens with zero attached hydrogens (tertiary/aromatic N) is 2. The summed E-state index contributed by atoms with van der Waals surface area (Å²) in [6.07, 6.45) is 3.43. The maximum atomic E-state index is 12.9. The molecule has 6 nitrogen and oxygen atoms in total. The summed E-state index contributed by atoms with van der Waals surface area (Å²) in [4.78, 5) is 38.6. The van der Waals surface area contributed by atoms with Gasteiger partial charge in [-0.2, -0.15) is 0 Å². The molecule has 176 valence electrons. The third kappa shape index (κ3) is 4.59. The van der Waals surface area contributed by atoms with Gasteiger partial charge in [0.05, 0.1) is 11.0 Å². The van der Waals surface area contributed by atoms with E-state index in [9.17, 15) is 14.4 Å². The molecule has 2 heterocycles. The first-order valence-electron chi connectivity index (χ1n) is 11.4. The number of aromatic nitrogens is 1. The van der Waals surface area contributed by atoms with Gasteiger partial charge in [-0.25, -0.2) is 0 Å². The highest BCUT2D eigenvalue weighted by Gasteiger charge is 2.37. The van der Waals surface area contributed by atoms with Crippen molar-refractivity contribution < 1.29 is 19.1 Å². The highest BCUT2D eigenvalue weighted by molar-refractivity contribution is 8.18. The van der Waals surface area contributed by atoms with Gasteiger partial charge in [0, 0.05) is 29.2 Å². The van der Waals surface area contributed by atoms with Crippen molar-refractivity contribution in [3.8, 4) is 0 Å². The zero-order chi connectivity index (χ0) is 24.5. The van der Waals surface area contributed by atoms with Gasteiger partial charge in [0.1, 0.15) is 6.54 Å². The van der Waals surface area contributed by atoms with Crippen molar-refractivity contribution in [2.24, 2.45) is 0 Å². The molecule has 1 saturated heterocycles. The predicted molar refractivity (Wildman–Crippen MR) is 139 cm³/mol. The second kappa shape index (κ2) is 9.43. The highest BCUT2D eigenvalue weighted by Crippen LogP contribution is 2.34. The molecule has 1 aliphatic rings. The van der Waals surface area contributed by atoms with Crippen molar-refractivity contribution in [2.45, 2.75) is 26.5 Å². The van der Waals surface area contributed by atoms with Gasteiger partial charge < -0.3 is 9.30 Å².